The number of thiophene rings is 1. The van der Waals surface area contributed by atoms with E-state index in [0.717, 1.165) is 22.5 Å². The Morgan fingerprint density at radius 3 is 2.44 bits per heavy atom. The topological polar surface area (TPSA) is 133 Å². The van der Waals surface area contributed by atoms with Gasteiger partial charge in [-0.15, -0.1) is 11.3 Å². The molecule has 1 N–H and O–H groups in total. The van der Waals surface area contributed by atoms with Gasteiger partial charge in [-0.1, -0.05) is 38.5 Å². The number of alkyl halides is 6. The average molecular weight is 800 g/mol. The van der Waals surface area contributed by atoms with Crippen LogP contribution < -0.4 is 9.47 Å². The quantitative estimate of drug-likeness (QED) is 0.183. The molecule has 0 spiro atoms. The van der Waals surface area contributed by atoms with Crippen molar-refractivity contribution in [3.63, 3.8) is 0 Å². The number of nitriles is 1. The maximum absolute atomic E-state index is 15.0. The van der Waals surface area contributed by atoms with Gasteiger partial charge in [0.2, 0.25) is 5.60 Å². The number of halogens is 6. The molecule has 1 unspecified atom stereocenters. The minimum Gasteiger partial charge on any atom is -0.493 e. The lowest BCUT2D eigenvalue weighted by Crippen LogP contribution is -2.68. The van der Waals surface area contributed by atoms with Crippen molar-refractivity contribution < 1.29 is 62.2 Å². The van der Waals surface area contributed by atoms with Crippen LogP contribution in [0.25, 0.3) is 0 Å². The number of para-hydroxylation sites is 1. The van der Waals surface area contributed by atoms with E-state index in [1.807, 2.05) is 0 Å². The number of carbonyl (C=O) groups is 3. The molecule has 1 aromatic carbocycles. The van der Waals surface area contributed by atoms with Crippen LogP contribution in [0.1, 0.15) is 92.1 Å². The molecular formula is C38H40F6N4O6S. The first-order chi connectivity index (χ1) is 27.8. The standard InChI is InChI=1S/C38H40F6N4O6S/c1-3-8-29-36(54-25-21-30(55-22-25)38(42,43)44,13-7-17-48(29)32(49)31-27(37(39,40)41)10-6-16-46-31)34(52)47-18-14-35(23-45,15-19-47)26-9-4-5-11-28(26)53-20-12-24(2)33(50)51/h4-6,9-11,16,21-22,24,29H,3,7-8,12-15,17-20H2,1-2H3,(H,50,51)/t24?,29-,36+/m1/s1/i12D2,20D2,24D. The van der Waals surface area contributed by atoms with Gasteiger partial charge in [-0.3, -0.25) is 19.4 Å². The predicted molar refractivity (Wildman–Crippen MR) is 187 cm³/mol. The highest BCUT2D eigenvalue weighted by atomic mass is 32.1. The molecule has 2 aliphatic rings. The number of amides is 2. The number of aromatic nitrogens is 1. The summed E-state index contributed by atoms with van der Waals surface area (Å²) in [4.78, 5) is 45.9. The van der Waals surface area contributed by atoms with Crippen molar-refractivity contribution in [1.29, 1.82) is 5.26 Å². The van der Waals surface area contributed by atoms with Gasteiger partial charge in [0.15, 0.2) is 0 Å². The molecule has 0 bridgehead atoms. The second kappa shape index (κ2) is 16.5. The third-order valence-electron chi connectivity index (χ3n) is 9.76. The van der Waals surface area contributed by atoms with Gasteiger partial charge in [-0.2, -0.15) is 31.6 Å². The Morgan fingerprint density at radius 2 is 1.82 bits per heavy atom. The number of rotatable bonds is 12. The van der Waals surface area contributed by atoms with Gasteiger partial charge >= 0.3 is 18.3 Å². The van der Waals surface area contributed by atoms with Crippen LogP contribution in [0.2, 0.25) is 0 Å². The Labute approximate surface area is 324 Å². The van der Waals surface area contributed by atoms with E-state index >= 15 is 4.79 Å². The van der Waals surface area contributed by atoms with Crippen LogP contribution in [0.5, 0.6) is 11.5 Å². The van der Waals surface area contributed by atoms with Gasteiger partial charge < -0.3 is 24.4 Å². The van der Waals surface area contributed by atoms with E-state index in [0.29, 0.717) is 30.4 Å². The number of carboxylic acid groups (broad SMARTS) is 1. The van der Waals surface area contributed by atoms with Crippen molar-refractivity contribution in [3.05, 3.63) is 75.7 Å². The maximum atomic E-state index is 15.0. The maximum Gasteiger partial charge on any atom is 0.425 e. The number of piperidine rings is 2. The number of carbonyl (C=O) groups excluding carboxylic acids is 2. The number of carboxylic acids is 1. The number of hydrogen-bond donors (Lipinski definition) is 1. The molecule has 2 amide bonds. The average Bonchev–Trinajstić information content (AvgIpc) is 3.67. The minimum absolute atomic E-state index is 0.0163. The Hall–Kier alpha value is -4.85. The second-order valence-corrected chi connectivity index (χ2v) is 14.1. The van der Waals surface area contributed by atoms with Crippen LogP contribution in [0.3, 0.4) is 0 Å². The zero-order chi connectivity index (χ0) is 44.7. The molecule has 0 radical (unpaired) electrons. The summed E-state index contributed by atoms with van der Waals surface area (Å²) in [6.45, 7) is -1.68. The number of nitrogens with zero attached hydrogens (tertiary/aromatic N) is 4. The number of likely N-dealkylation sites (tertiary alicyclic amines) is 2. The molecule has 2 aliphatic heterocycles. The van der Waals surface area contributed by atoms with Crippen LogP contribution in [-0.2, 0) is 27.4 Å². The molecule has 4 heterocycles. The summed E-state index contributed by atoms with van der Waals surface area (Å²) in [6, 6.07) is 8.79. The van der Waals surface area contributed by atoms with E-state index in [4.69, 9.17) is 16.3 Å². The molecule has 3 aromatic rings. The SMILES string of the molecule is [2H]C([2H])(Oc1ccccc1C1(C#N)CCN(C(=O)[C@]2(Oc3csc(C(F)(F)F)c3)CCCN(C(=O)c3ncccc3C(F)(F)F)[C@@H]2CCC)CC1)C([2H])([2H])C([2H])(C)C(=O)O. The summed E-state index contributed by atoms with van der Waals surface area (Å²) < 4.78 is 137. The van der Waals surface area contributed by atoms with Gasteiger partial charge in [0.25, 0.3) is 11.8 Å². The monoisotopic (exact) mass is 799 g/mol. The van der Waals surface area contributed by atoms with Crippen molar-refractivity contribution in [2.24, 2.45) is 5.89 Å². The summed E-state index contributed by atoms with van der Waals surface area (Å²) in [5, 5.41) is 21.2. The largest absolute Gasteiger partial charge is 0.493 e. The van der Waals surface area contributed by atoms with Crippen LogP contribution in [0.15, 0.2) is 54.0 Å². The van der Waals surface area contributed by atoms with Crippen LogP contribution in [-0.4, -0.2) is 75.5 Å². The van der Waals surface area contributed by atoms with Gasteiger partial charge in [0.1, 0.15) is 22.1 Å². The molecule has 10 nitrogen and oxygen atoms in total. The van der Waals surface area contributed by atoms with Gasteiger partial charge in [0, 0.05) is 53.4 Å². The van der Waals surface area contributed by atoms with Gasteiger partial charge in [-0.25, -0.2) is 0 Å². The fraction of sp³-hybridized carbons (Fsp3) is 0.500. The highest BCUT2D eigenvalue weighted by molar-refractivity contribution is 7.10. The van der Waals surface area contributed by atoms with E-state index in [-0.39, 0.29) is 75.2 Å². The van der Waals surface area contributed by atoms with Gasteiger partial charge in [-0.05, 0) is 50.3 Å². The number of ether oxygens (including phenoxy) is 2. The van der Waals surface area contributed by atoms with Crippen LogP contribution in [0, 0.1) is 17.2 Å². The van der Waals surface area contributed by atoms with E-state index in [1.165, 1.54) is 29.2 Å². The molecule has 55 heavy (non-hydrogen) atoms. The molecule has 0 saturated carbocycles. The summed E-state index contributed by atoms with van der Waals surface area (Å²) in [5.41, 5.74) is -5.88. The summed E-state index contributed by atoms with van der Waals surface area (Å²) >= 11 is 0.296. The molecular weight excluding hydrogens is 754 g/mol. The third kappa shape index (κ3) is 8.69. The molecule has 0 aliphatic carbocycles. The first-order valence-electron chi connectivity index (χ1n) is 19.7. The summed E-state index contributed by atoms with van der Waals surface area (Å²) in [6.07, 6.45) is -12.5. The lowest BCUT2D eigenvalue weighted by Gasteiger charge is -2.51. The lowest BCUT2D eigenvalue weighted by molar-refractivity contribution is -0.160. The molecule has 2 saturated heterocycles. The van der Waals surface area contributed by atoms with Crippen molar-refractivity contribution in [1.82, 2.24) is 14.8 Å². The van der Waals surface area contributed by atoms with Crippen molar-refractivity contribution >= 4 is 29.1 Å². The Morgan fingerprint density at radius 1 is 1.11 bits per heavy atom. The van der Waals surface area contributed by atoms with Crippen molar-refractivity contribution in [3.8, 4) is 17.6 Å². The number of aliphatic carboxylic acids is 1. The predicted octanol–water partition coefficient (Wildman–Crippen LogP) is 7.98. The second-order valence-electron chi connectivity index (χ2n) is 13.2. The summed E-state index contributed by atoms with van der Waals surface area (Å²) in [5.74, 6) is -7.66. The van der Waals surface area contributed by atoms with Crippen LogP contribution >= 0.6 is 11.3 Å². The van der Waals surface area contributed by atoms with E-state index in [9.17, 15) is 46.3 Å². The molecule has 17 heteroatoms. The highest BCUT2D eigenvalue weighted by Gasteiger charge is 2.57. The zero-order valence-electron chi connectivity index (χ0n) is 34.6. The fourth-order valence-corrected chi connectivity index (χ4v) is 7.71. The van der Waals surface area contributed by atoms with Crippen molar-refractivity contribution in [2.75, 3.05) is 26.2 Å². The highest BCUT2D eigenvalue weighted by Crippen LogP contribution is 2.45. The van der Waals surface area contributed by atoms with Crippen molar-refractivity contribution in [2.45, 2.75) is 88.2 Å². The first kappa shape index (κ1) is 34.6. The Balaban J connectivity index is 1.53. The smallest absolute Gasteiger partial charge is 0.425 e. The first-order valence-corrected chi connectivity index (χ1v) is 18.1. The minimum atomic E-state index is -4.98. The zero-order valence-corrected chi connectivity index (χ0v) is 30.4. The molecule has 3 atom stereocenters. The Bertz CT molecular complexity index is 2140. The van der Waals surface area contributed by atoms with Crippen LogP contribution in [0.4, 0.5) is 26.3 Å². The summed E-state index contributed by atoms with van der Waals surface area (Å²) in [7, 11) is 0. The van der Waals surface area contributed by atoms with Gasteiger partial charge in [0.05, 0.1) is 38.3 Å². The molecule has 2 aromatic heterocycles. The normalized spacial score (nSPS) is 23.1. The number of pyridine rings is 1. The fourth-order valence-electron chi connectivity index (χ4n) is 7.04. The van der Waals surface area contributed by atoms with E-state index < -0.39 is 82.2 Å². The molecule has 2 fully saturated rings. The number of hydrogen-bond acceptors (Lipinski definition) is 8. The molecule has 5 rings (SSSR count). The van der Waals surface area contributed by atoms with E-state index in [2.05, 4.69) is 11.1 Å². The van der Waals surface area contributed by atoms with E-state index in [1.54, 1.807) is 6.92 Å². The lowest BCUT2D eigenvalue weighted by atomic mass is 9.72. The third-order valence-corrected chi connectivity index (χ3v) is 10.7. The molecule has 296 valence electrons. The number of benzene rings is 1. The Kier molecular flexibility index (Phi) is 10.4.